The average Bonchev–Trinajstić information content (AvgIpc) is 2.86. The molecule has 1 aliphatic heterocycles. The number of fused-ring (bicyclic) bond motifs is 2. The van der Waals surface area contributed by atoms with Crippen molar-refractivity contribution in [3.63, 3.8) is 0 Å². The first-order chi connectivity index (χ1) is 15.8. The van der Waals surface area contributed by atoms with Gasteiger partial charge in [-0.1, -0.05) is 18.2 Å². The van der Waals surface area contributed by atoms with Crippen molar-refractivity contribution in [1.82, 2.24) is 0 Å². The molecule has 11 heteroatoms. The predicted octanol–water partition coefficient (Wildman–Crippen LogP) is 5.03. The maximum absolute atomic E-state index is 13.2. The Kier molecular flexibility index (Phi) is 5.68. The number of rotatable bonds is 4. The van der Waals surface area contributed by atoms with Crippen molar-refractivity contribution < 1.29 is 35.9 Å². The van der Waals surface area contributed by atoms with E-state index in [2.05, 4.69) is 4.74 Å². The van der Waals surface area contributed by atoms with Gasteiger partial charge in [-0.2, -0.15) is 0 Å². The minimum atomic E-state index is -4.88. The fourth-order valence-electron chi connectivity index (χ4n) is 3.49. The summed E-state index contributed by atoms with van der Waals surface area (Å²) in [5, 5.41) is 0. The third kappa shape index (κ3) is 4.65. The molecular weight excluding hydrogens is 473 g/mol. The molecule has 0 spiro atoms. The van der Waals surface area contributed by atoms with Crippen LogP contribution in [-0.4, -0.2) is 41.0 Å². The van der Waals surface area contributed by atoms with E-state index < -0.39 is 28.0 Å². The van der Waals surface area contributed by atoms with Gasteiger partial charge in [-0.15, -0.1) is 13.2 Å². The summed E-state index contributed by atoms with van der Waals surface area (Å²) in [6.45, 7) is 0. The Morgan fingerprint density at radius 2 is 1.65 bits per heavy atom. The number of anilines is 2. The highest BCUT2D eigenvalue weighted by Gasteiger charge is 2.33. The van der Waals surface area contributed by atoms with Gasteiger partial charge in [0.1, 0.15) is 11.5 Å². The van der Waals surface area contributed by atoms with Crippen LogP contribution in [-0.2, 0) is 10.0 Å². The van der Waals surface area contributed by atoms with Gasteiger partial charge < -0.3 is 14.4 Å². The molecule has 0 radical (unpaired) electrons. The number of hydrogen-bond acceptors (Lipinski definition) is 5. The molecule has 0 aromatic heterocycles. The van der Waals surface area contributed by atoms with Crippen LogP contribution in [0.4, 0.5) is 24.5 Å². The quantitative estimate of drug-likeness (QED) is 0.511. The molecule has 1 heterocycles. The second kappa shape index (κ2) is 8.24. The fraction of sp³-hybridized carbons (Fsp3) is 0.174. The first-order valence-corrected chi connectivity index (χ1v) is 11.7. The second-order valence-electron chi connectivity index (χ2n) is 7.64. The number of amides is 1. The van der Waals surface area contributed by atoms with Crippen LogP contribution in [0.15, 0.2) is 60.7 Å². The number of nitrogens with zero attached hydrogens (tertiary/aromatic N) is 2. The van der Waals surface area contributed by atoms with Gasteiger partial charge in [-0.3, -0.25) is 9.10 Å². The number of ether oxygens (including phenoxy) is 2. The normalized spacial score (nSPS) is 13.5. The molecule has 0 saturated carbocycles. The zero-order chi connectivity index (χ0) is 24.8. The molecule has 4 rings (SSSR count). The molecule has 3 aromatic rings. The average molecular weight is 492 g/mol. The van der Waals surface area contributed by atoms with E-state index in [1.54, 1.807) is 42.5 Å². The van der Waals surface area contributed by atoms with E-state index in [4.69, 9.17) is 4.74 Å². The van der Waals surface area contributed by atoms with Gasteiger partial charge >= 0.3 is 6.36 Å². The molecule has 0 aliphatic carbocycles. The monoisotopic (exact) mass is 492 g/mol. The van der Waals surface area contributed by atoms with Gasteiger partial charge in [-0.25, -0.2) is 8.42 Å². The number of sulfonamides is 1. The third-order valence-electron chi connectivity index (χ3n) is 5.30. The van der Waals surface area contributed by atoms with Crippen molar-refractivity contribution >= 4 is 27.3 Å². The zero-order valence-corrected chi connectivity index (χ0v) is 19.1. The lowest BCUT2D eigenvalue weighted by molar-refractivity contribution is -0.274. The summed E-state index contributed by atoms with van der Waals surface area (Å²) in [6, 6.07) is 15.1. The Hall–Kier alpha value is -3.73. The van der Waals surface area contributed by atoms with Crippen molar-refractivity contribution in [2.24, 2.45) is 0 Å². The van der Waals surface area contributed by atoms with E-state index in [0.717, 1.165) is 22.7 Å². The number of halogens is 3. The van der Waals surface area contributed by atoms with Crippen molar-refractivity contribution in [3.05, 3.63) is 66.2 Å². The van der Waals surface area contributed by atoms with Crippen molar-refractivity contribution in [3.8, 4) is 28.4 Å². The number of carbonyl (C=O) groups excluding carboxylic acids is 1. The maximum Gasteiger partial charge on any atom is 0.573 e. The number of carbonyl (C=O) groups is 1. The minimum absolute atomic E-state index is 0.112. The van der Waals surface area contributed by atoms with E-state index in [1.165, 1.54) is 25.1 Å². The minimum Gasteiger partial charge on any atom is -0.454 e. The highest BCUT2D eigenvalue weighted by atomic mass is 32.2. The Balaban J connectivity index is 1.72. The lowest BCUT2D eigenvalue weighted by atomic mass is 10.0. The Bertz CT molecular complexity index is 1390. The van der Waals surface area contributed by atoms with Crippen LogP contribution in [0, 0.1) is 0 Å². The Morgan fingerprint density at radius 3 is 2.32 bits per heavy atom. The van der Waals surface area contributed by atoms with Gasteiger partial charge in [0.2, 0.25) is 10.0 Å². The molecule has 0 unspecified atom stereocenters. The molecular formula is C23H19F3N2O5S. The van der Waals surface area contributed by atoms with Gasteiger partial charge in [0, 0.05) is 20.2 Å². The molecule has 3 aromatic carbocycles. The van der Waals surface area contributed by atoms with Gasteiger partial charge in [0.05, 0.1) is 23.2 Å². The first kappa shape index (κ1) is 23.4. The molecule has 1 amide bonds. The van der Waals surface area contributed by atoms with E-state index >= 15 is 0 Å². The summed E-state index contributed by atoms with van der Waals surface area (Å²) in [5.41, 5.74) is 2.03. The van der Waals surface area contributed by atoms with E-state index in [9.17, 15) is 26.4 Å². The van der Waals surface area contributed by atoms with Gasteiger partial charge in [0.15, 0.2) is 5.75 Å². The smallest absolute Gasteiger partial charge is 0.454 e. The van der Waals surface area contributed by atoms with Crippen LogP contribution >= 0.6 is 0 Å². The van der Waals surface area contributed by atoms with E-state index in [-0.39, 0.29) is 22.7 Å². The van der Waals surface area contributed by atoms with E-state index in [1.807, 2.05) is 0 Å². The molecule has 0 N–H and O–H groups in total. The number of hydrogen-bond donors (Lipinski definition) is 0. The highest BCUT2D eigenvalue weighted by molar-refractivity contribution is 7.92. The molecule has 1 aliphatic rings. The summed E-state index contributed by atoms with van der Waals surface area (Å²) >= 11 is 0. The molecule has 178 valence electrons. The summed E-state index contributed by atoms with van der Waals surface area (Å²) in [7, 11) is -0.606. The fourth-order valence-corrected chi connectivity index (χ4v) is 3.99. The van der Waals surface area contributed by atoms with Crippen LogP contribution in [0.25, 0.3) is 11.1 Å². The molecule has 0 atom stereocenters. The Labute approximate surface area is 194 Å². The molecule has 0 bridgehead atoms. The van der Waals surface area contributed by atoms with Crippen LogP contribution in [0.5, 0.6) is 17.2 Å². The van der Waals surface area contributed by atoms with Crippen molar-refractivity contribution in [1.29, 1.82) is 0 Å². The summed E-state index contributed by atoms with van der Waals surface area (Å²) in [6.07, 6.45) is -3.78. The van der Waals surface area contributed by atoms with Gasteiger partial charge in [-0.05, 0) is 47.5 Å². The van der Waals surface area contributed by atoms with Crippen LogP contribution in [0.3, 0.4) is 0 Å². The molecule has 34 heavy (non-hydrogen) atoms. The van der Waals surface area contributed by atoms with Crippen LogP contribution in [0.2, 0.25) is 0 Å². The Morgan fingerprint density at radius 1 is 0.971 bits per heavy atom. The predicted molar refractivity (Wildman–Crippen MR) is 121 cm³/mol. The zero-order valence-electron chi connectivity index (χ0n) is 18.3. The SMILES string of the molecule is CN1C(=O)c2cc(-c3cccc(N(C)S(C)(=O)=O)c3)ccc2Oc2ccc(OC(F)(F)F)cc21. The maximum atomic E-state index is 13.2. The van der Waals surface area contributed by atoms with Crippen LogP contribution in [0.1, 0.15) is 10.4 Å². The lowest BCUT2D eigenvalue weighted by Gasteiger charge is -2.18. The lowest BCUT2D eigenvalue weighted by Crippen LogP contribution is -2.25. The number of benzene rings is 3. The summed E-state index contributed by atoms with van der Waals surface area (Å²) in [4.78, 5) is 14.4. The van der Waals surface area contributed by atoms with Gasteiger partial charge in [0.25, 0.3) is 5.91 Å². The highest BCUT2D eigenvalue weighted by Crippen LogP contribution is 2.42. The first-order valence-electron chi connectivity index (χ1n) is 9.87. The molecule has 0 fully saturated rings. The topological polar surface area (TPSA) is 76.2 Å². The standard InChI is InChI=1S/C23H19F3N2O5S/c1-27-19-13-17(33-23(24,25)26)8-10-21(19)32-20-9-7-15(12-18(20)22(27)29)14-5-4-6-16(11-14)28(2)34(3,30)31/h4-13H,1-3H3. The van der Waals surface area contributed by atoms with Crippen molar-refractivity contribution in [2.45, 2.75) is 6.36 Å². The largest absolute Gasteiger partial charge is 0.573 e. The summed E-state index contributed by atoms with van der Waals surface area (Å²) < 4.78 is 72.6. The van der Waals surface area contributed by atoms with Crippen LogP contribution < -0.4 is 18.7 Å². The third-order valence-corrected chi connectivity index (χ3v) is 6.51. The number of alkyl halides is 3. The van der Waals surface area contributed by atoms with Crippen molar-refractivity contribution in [2.75, 3.05) is 29.6 Å². The summed E-state index contributed by atoms with van der Waals surface area (Å²) in [5.74, 6) is -0.556. The molecule has 0 saturated heterocycles. The van der Waals surface area contributed by atoms with E-state index in [0.29, 0.717) is 16.8 Å². The molecule has 7 nitrogen and oxygen atoms in total. The second-order valence-corrected chi connectivity index (χ2v) is 9.65.